The number of esters is 1. The van der Waals surface area contributed by atoms with Gasteiger partial charge in [0.2, 0.25) is 0 Å². The first kappa shape index (κ1) is 56.7. The van der Waals surface area contributed by atoms with Crippen molar-refractivity contribution >= 4 is 83.6 Å². The van der Waals surface area contributed by atoms with E-state index in [0.29, 0.717) is 64.8 Å². The van der Waals surface area contributed by atoms with Crippen LogP contribution in [0.3, 0.4) is 0 Å². The number of aliphatic hydroxyl groups is 1. The van der Waals surface area contributed by atoms with Gasteiger partial charge in [0.25, 0.3) is 11.5 Å². The number of nitriles is 2. The highest BCUT2D eigenvalue weighted by molar-refractivity contribution is 7.23. The Kier molecular flexibility index (Phi) is 13.8. The van der Waals surface area contributed by atoms with E-state index < -0.39 is 77.0 Å². The number of benzene rings is 3. The van der Waals surface area contributed by atoms with Gasteiger partial charge in [-0.2, -0.15) is 20.5 Å². The molecule has 2 amide bonds. The summed E-state index contributed by atoms with van der Waals surface area (Å²) in [5.74, 6) is -3.44. The molecular weight excluding hydrogens is 1160 g/mol. The van der Waals surface area contributed by atoms with Crippen molar-refractivity contribution in [2.24, 2.45) is 0 Å². The first-order chi connectivity index (χ1) is 41.2. The molecule has 3 fully saturated rings. The number of amides is 2. The van der Waals surface area contributed by atoms with Gasteiger partial charge in [-0.15, -0.1) is 11.3 Å². The van der Waals surface area contributed by atoms with Crippen molar-refractivity contribution in [1.29, 1.82) is 10.5 Å². The van der Waals surface area contributed by atoms with Crippen LogP contribution in [0.2, 0.25) is 5.02 Å². The van der Waals surface area contributed by atoms with Crippen LogP contribution in [0.4, 0.5) is 33.2 Å². The molecule has 25 heteroatoms. The predicted molar refractivity (Wildman–Crippen MR) is 309 cm³/mol. The normalized spacial score (nSPS) is 22.1. The molecule has 86 heavy (non-hydrogen) atoms. The molecule has 6 aliphatic rings. The number of ether oxygens (including phenoxy) is 3. The molecule has 1 aliphatic carbocycles. The third-order valence-corrected chi connectivity index (χ3v) is 19.7. The summed E-state index contributed by atoms with van der Waals surface area (Å²) in [6.07, 6.45) is 0.234. The molecular formula is C61H54ClF4N11O8S. The van der Waals surface area contributed by atoms with E-state index in [-0.39, 0.29) is 147 Å². The molecule has 3 saturated heterocycles. The quantitative estimate of drug-likeness (QED) is 0.0697. The number of aromatic nitrogens is 4. The van der Waals surface area contributed by atoms with Crippen LogP contribution >= 0.6 is 22.9 Å². The van der Waals surface area contributed by atoms with Crippen LogP contribution in [0.5, 0.6) is 6.01 Å². The van der Waals surface area contributed by atoms with Crippen molar-refractivity contribution in [2.45, 2.75) is 101 Å². The van der Waals surface area contributed by atoms with Crippen LogP contribution in [0, 0.1) is 47.0 Å². The van der Waals surface area contributed by atoms with Gasteiger partial charge in [0, 0.05) is 84.1 Å². The zero-order chi connectivity index (χ0) is 60.6. The fourth-order valence-electron chi connectivity index (χ4n) is 14.0. The number of aryl methyl sites for hydroxylation is 1. The summed E-state index contributed by atoms with van der Waals surface area (Å²) >= 11 is 7.84. The van der Waals surface area contributed by atoms with Gasteiger partial charge in [0.1, 0.15) is 60.0 Å². The number of piperazine rings is 1. The molecule has 4 aromatic heterocycles. The molecule has 3 N–H and O–H groups in total. The summed E-state index contributed by atoms with van der Waals surface area (Å²) in [7, 11) is 1.54. The lowest BCUT2D eigenvalue weighted by Crippen LogP contribution is -2.56. The lowest BCUT2D eigenvalue weighted by molar-refractivity contribution is -0.172. The number of cyclic esters (lactones) is 1. The van der Waals surface area contributed by atoms with Gasteiger partial charge in [-0.25, -0.2) is 32.1 Å². The van der Waals surface area contributed by atoms with Crippen molar-refractivity contribution in [3.05, 3.63) is 114 Å². The first-order valence-corrected chi connectivity index (χ1v) is 29.3. The predicted octanol–water partition coefficient (Wildman–Crippen LogP) is 8.94. The molecule has 442 valence electrons. The number of nitrogen functional groups attached to an aromatic ring is 1. The number of carbonyl (C=O) groups excluding carboxylic acids is 3. The van der Waals surface area contributed by atoms with E-state index in [9.17, 15) is 39.2 Å². The van der Waals surface area contributed by atoms with Crippen LogP contribution in [-0.4, -0.2) is 128 Å². The highest BCUT2D eigenvalue weighted by Gasteiger charge is 2.50. The van der Waals surface area contributed by atoms with Gasteiger partial charge < -0.3 is 44.3 Å². The molecule has 5 unspecified atom stereocenters. The van der Waals surface area contributed by atoms with E-state index in [0.717, 1.165) is 23.8 Å². The summed E-state index contributed by atoms with van der Waals surface area (Å²) < 4.78 is 82.4. The Morgan fingerprint density at radius 1 is 1.06 bits per heavy atom. The number of carbonyl (C=O) groups is 3. The van der Waals surface area contributed by atoms with Gasteiger partial charge in [-0.3, -0.25) is 14.5 Å². The molecule has 0 saturated carbocycles. The number of hydrogen-bond acceptors (Lipinski definition) is 17. The molecule has 13 rings (SSSR count). The molecule has 9 heterocycles. The van der Waals surface area contributed by atoms with Crippen LogP contribution in [0.15, 0.2) is 47.3 Å². The highest BCUT2D eigenvalue weighted by atomic mass is 35.5. The average Bonchev–Trinajstić information content (AvgIpc) is 1.44. The molecule has 0 bridgehead atoms. The number of halogens is 5. The van der Waals surface area contributed by atoms with Crippen molar-refractivity contribution in [3.8, 4) is 40.7 Å². The maximum absolute atomic E-state index is 17.6. The Labute approximate surface area is 497 Å². The third kappa shape index (κ3) is 8.64. The topological polar surface area (TPSA) is 246 Å². The van der Waals surface area contributed by atoms with Crippen LogP contribution < -0.4 is 20.9 Å². The first-order valence-electron chi connectivity index (χ1n) is 28.1. The molecule has 7 aromatic rings. The number of thiophene rings is 1. The molecule has 0 spiro atoms. The Bertz CT molecular complexity index is 4340. The molecule has 5 atom stereocenters. The van der Waals surface area contributed by atoms with E-state index in [1.165, 1.54) is 39.6 Å². The third-order valence-electron chi connectivity index (χ3n) is 18.4. The number of fused-ring (bicyclic) bond motifs is 8. The Morgan fingerprint density at radius 3 is 2.63 bits per heavy atom. The minimum absolute atomic E-state index is 0.00254. The molecule has 19 nitrogen and oxygen atoms in total. The SMILES string of the molecule is C=C(COC(=O)N(C)C1CCc2c(C)c(F)cc3nc4c(c1c23)Cn1c-4cc2c(c1=O)COC(=O)C2(O)CC)C(=O)N1CCN(c2nc(OCC34CCCN3CC(F)C4)nc3c(F)c(-c4ccc(F)c5sc(N)c(C#N)c45)c(Cl)cc23)CC1CC#N. The highest BCUT2D eigenvalue weighted by Crippen LogP contribution is 2.50. The van der Waals surface area contributed by atoms with Gasteiger partial charge in [0.15, 0.2) is 11.4 Å². The smallest absolute Gasteiger partial charge is 0.410 e. The summed E-state index contributed by atoms with van der Waals surface area (Å²) in [5.41, 5.74) is 5.91. The minimum Gasteiger partial charge on any atom is -0.461 e. The van der Waals surface area contributed by atoms with Gasteiger partial charge in [-0.1, -0.05) is 31.2 Å². The maximum Gasteiger partial charge on any atom is 0.410 e. The fraction of sp³-hybridized carbons (Fsp3) is 0.393. The Morgan fingerprint density at radius 2 is 1.86 bits per heavy atom. The van der Waals surface area contributed by atoms with Crippen LogP contribution in [0.25, 0.3) is 54.4 Å². The second-order valence-electron chi connectivity index (χ2n) is 23.0. The number of nitrogens with two attached hydrogens (primary N) is 1. The molecule has 3 aromatic carbocycles. The number of anilines is 2. The second-order valence-corrected chi connectivity index (χ2v) is 24.4. The summed E-state index contributed by atoms with van der Waals surface area (Å²) in [4.78, 5) is 76.8. The largest absolute Gasteiger partial charge is 0.461 e. The number of nitrogens with zero attached hydrogens (tertiary/aromatic N) is 10. The zero-order valence-corrected chi connectivity index (χ0v) is 48.4. The van der Waals surface area contributed by atoms with E-state index in [1.807, 2.05) is 11.0 Å². The van der Waals surface area contributed by atoms with Crippen molar-refractivity contribution in [1.82, 2.24) is 34.2 Å². The van der Waals surface area contributed by atoms with E-state index >= 15 is 13.2 Å². The Balaban J connectivity index is 0.774. The van der Waals surface area contributed by atoms with Crippen LogP contribution in [0.1, 0.15) is 90.4 Å². The van der Waals surface area contributed by atoms with E-state index in [2.05, 4.69) is 17.6 Å². The number of pyridine rings is 2. The number of alkyl halides is 1. The monoisotopic (exact) mass is 1210 g/mol. The van der Waals surface area contributed by atoms with Crippen molar-refractivity contribution < 1.29 is 51.3 Å². The van der Waals surface area contributed by atoms with E-state index in [4.69, 9.17) is 41.5 Å². The minimum atomic E-state index is -2.09. The maximum atomic E-state index is 17.6. The molecule has 5 aliphatic heterocycles. The number of rotatable bonds is 11. The van der Waals surface area contributed by atoms with Gasteiger partial charge in [0.05, 0.1) is 74.4 Å². The van der Waals surface area contributed by atoms with Crippen LogP contribution in [-0.2, 0) is 44.2 Å². The van der Waals surface area contributed by atoms with Crippen molar-refractivity contribution in [2.75, 3.05) is 63.6 Å². The Hall–Kier alpha value is -8.42. The average molecular weight is 1210 g/mol. The van der Waals surface area contributed by atoms with E-state index in [1.54, 1.807) is 24.8 Å². The lowest BCUT2D eigenvalue weighted by atomic mass is 9.81. The van der Waals surface area contributed by atoms with Gasteiger partial charge >= 0.3 is 18.1 Å². The number of hydrogen-bond donors (Lipinski definition) is 2. The van der Waals surface area contributed by atoms with Gasteiger partial charge in [-0.05, 0) is 86.0 Å². The fourth-order valence-corrected chi connectivity index (χ4v) is 15.3. The molecule has 0 radical (unpaired) electrons. The summed E-state index contributed by atoms with van der Waals surface area (Å²) in [6.45, 7) is 7.34. The standard InChI is InChI=1S/C61H54ClF4N11O8S/c1-5-61(82)38-18-44-50-36(24-77(44)56(79)37(38)26-83-57(61)80)48-43(10-8-32-29(3)41(65)19-42(70-50)47(32)48)73(4)59(81)84-25-28(2)55(78)76-16-15-74(23-31(76)11-13-67)54-34-17-39(62)46(33-7-9-40(64)52-45(33)35(21-68)53(69)86-52)49(66)51(34)71-58(72-54)85-27-60-12-6-14-75(60)22-30(63)20-60/h7,9,17-19,30-31,43,82H,2,5-6,8,10-12,14-16,20,22-27,69H2,1,3-4H3. The second kappa shape index (κ2) is 20.9. The summed E-state index contributed by atoms with van der Waals surface area (Å²) in [5, 5.41) is 32.5. The zero-order valence-electron chi connectivity index (χ0n) is 46.8. The van der Waals surface area contributed by atoms with Crippen molar-refractivity contribution in [3.63, 3.8) is 0 Å². The lowest BCUT2D eigenvalue weighted by Gasteiger charge is -2.41. The summed E-state index contributed by atoms with van der Waals surface area (Å²) in [6, 6.07) is 9.17.